The fraction of sp³-hybridized carbons (Fsp3) is 0.353. The second-order valence-corrected chi connectivity index (χ2v) is 6.89. The standard InChI is InChI=1S/C17H18F2N2OS2/c1-2-14-13-8-10-24-15(13)7-9-21(14)17(23)20-11-3-5-12(6-4-11)22-16(18)19/h3-6,8,10,14,16H,2,7,9H2,1H3,(H,20,23)/t14-/m0/s1. The Morgan fingerprint density at radius 1 is 1.38 bits per heavy atom. The molecule has 1 aliphatic rings. The number of hydrogen-bond donors (Lipinski definition) is 1. The van der Waals surface area contributed by atoms with Crippen LogP contribution in [0.4, 0.5) is 14.5 Å². The van der Waals surface area contributed by atoms with Crippen LogP contribution in [0.5, 0.6) is 5.75 Å². The van der Waals surface area contributed by atoms with E-state index in [1.807, 2.05) is 0 Å². The summed E-state index contributed by atoms with van der Waals surface area (Å²) in [5.74, 6) is 0.133. The maximum Gasteiger partial charge on any atom is 0.387 e. The highest BCUT2D eigenvalue weighted by Crippen LogP contribution is 2.35. The Bertz CT molecular complexity index is 703. The van der Waals surface area contributed by atoms with E-state index in [1.165, 1.54) is 22.6 Å². The van der Waals surface area contributed by atoms with E-state index in [1.54, 1.807) is 23.5 Å². The van der Waals surface area contributed by atoms with Crippen molar-refractivity contribution in [2.45, 2.75) is 32.4 Å². The van der Waals surface area contributed by atoms with Gasteiger partial charge in [0.15, 0.2) is 5.11 Å². The summed E-state index contributed by atoms with van der Waals surface area (Å²) in [6.07, 6.45) is 1.97. The Morgan fingerprint density at radius 3 is 2.79 bits per heavy atom. The molecule has 3 nitrogen and oxygen atoms in total. The van der Waals surface area contributed by atoms with Crippen molar-refractivity contribution in [3.8, 4) is 5.75 Å². The first kappa shape index (κ1) is 17.1. The zero-order valence-corrected chi connectivity index (χ0v) is 14.8. The largest absolute Gasteiger partial charge is 0.435 e. The molecule has 0 fully saturated rings. The van der Waals surface area contributed by atoms with E-state index in [-0.39, 0.29) is 11.8 Å². The van der Waals surface area contributed by atoms with Crippen LogP contribution in [0.1, 0.15) is 29.8 Å². The third kappa shape index (κ3) is 3.67. The van der Waals surface area contributed by atoms with Crippen molar-refractivity contribution in [2.75, 3.05) is 11.9 Å². The zero-order chi connectivity index (χ0) is 17.1. The lowest BCUT2D eigenvalue weighted by Gasteiger charge is -2.37. The predicted octanol–water partition coefficient (Wildman–Crippen LogP) is 5.06. The molecule has 0 unspecified atom stereocenters. The van der Waals surface area contributed by atoms with Gasteiger partial charge in [-0.05, 0) is 66.3 Å². The Labute approximate surface area is 149 Å². The van der Waals surface area contributed by atoms with Gasteiger partial charge in [-0.15, -0.1) is 11.3 Å². The molecule has 1 aliphatic heterocycles. The molecule has 1 atom stereocenters. The van der Waals surface area contributed by atoms with Crippen molar-refractivity contribution < 1.29 is 13.5 Å². The number of nitrogens with zero attached hydrogens (tertiary/aromatic N) is 1. The van der Waals surface area contributed by atoms with Gasteiger partial charge >= 0.3 is 6.61 Å². The maximum absolute atomic E-state index is 12.2. The van der Waals surface area contributed by atoms with Gasteiger partial charge in [0.1, 0.15) is 5.75 Å². The molecule has 0 saturated heterocycles. The van der Waals surface area contributed by atoms with E-state index >= 15 is 0 Å². The number of benzene rings is 1. The first-order valence-corrected chi connectivity index (χ1v) is 9.06. The summed E-state index contributed by atoms with van der Waals surface area (Å²) < 4.78 is 28.7. The number of halogens is 2. The van der Waals surface area contributed by atoms with Crippen molar-refractivity contribution in [1.82, 2.24) is 4.90 Å². The number of fused-ring (bicyclic) bond motifs is 1. The zero-order valence-electron chi connectivity index (χ0n) is 13.2. The van der Waals surface area contributed by atoms with Crippen molar-refractivity contribution in [1.29, 1.82) is 0 Å². The highest BCUT2D eigenvalue weighted by Gasteiger charge is 2.28. The monoisotopic (exact) mass is 368 g/mol. The third-order valence-electron chi connectivity index (χ3n) is 4.07. The van der Waals surface area contributed by atoms with Crippen LogP contribution in [0, 0.1) is 0 Å². The molecule has 0 radical (unpaired) electrons. The quantitative estimate of drug-likeness (QED) is 0.763. The molecule has 0 bridgehead atoms. The average molecular weight is 368 g/mol. The molecule has 0 aliphatic carbocycles. The molecule has 1 aromatic carbocycles. The van der Waals surface area contributed by atoms with Gasteiger partial charge in [-0.25, -0.2) is 0 Å². The smallest absolute Gasteiger partial charge is 0.387 e. The van der Waals surface area contributed by atoms with E-state index in [0.717, 1.165) is 25.1 Å². The number of anilines is 1. The second kappa shape index (κ2) is 7.44. The van der Waals surface area contributed by atoms with Crippen molar-refractivity contribution >= 4 is 34.4 Å². The van der Waals surface area contributed by atoms with E-state index in [0.29, 0.717) is 5.11 Å². The van der Waals surface area contributed by atoms with Crippen LogP contribution in [-0.4, -0.2) is 23.2 Å². The number of thiocarbonyl (C=S) groups is 1. The fourth-order valence-electron chi connectivity index (χ4n) is 2.99. The van der Waals surface area contributed by atoms with E-state index in [4.69, 9.17) is 12.2 Å². The van der Waals surface area contributed by atoms with E-state index in [2.05, 4.69) is 33.3 Å². The molecule has 24 heavy (non-hydrogen) atoms. The maximum atomic E-state index is 12.2. The number of rotatable bonds is 4. The summed E-state index contributed by atoms with van der Waals surface area (Å²) in [4.78, 5) is 3.64. The van der Waals surface area contributed by atoms with Gasteiger partial charge in [0.05, 0.1) is 6.04 Å². The third-order valence-corrected chi connectivity index (χ3v) is 5.41. The first-order chi connectivity index (χ1) is 11.6. The van der Waals surface area contributed by atoms with Crippen LogP contribution < -0.4 is 10.1 Å². The molecular weight excluding hydrogens is 350 g/mol. The van der Waals surface area contributed by atoms with Gasteiger partial charge in [-0.3, -0.25) is 0 Å². The Hall–Kier alpha value is -1.73. The van der Waals surface area contributed by atoms with Crippen LogP contribution in [0.2, 0.25) is 0 Å². The second-order valence-electron chi connectivity index (χ2n) is 5.50. The molecule has 0 saturated carbocycles. The molecule has 0 spiro atoms. The summed E-state index contributed by atoms with van der Waals surface area (Å²) in [7, 11) is 0. The number of alkyl halides is 2. The highest BCUT2D eigenvalue weighted by atomic mass is 32.1. The Balaban J connectivity index is 1.68. The molecule has 0 amide bonds. The van der Waals surface area contributed by atoms with Gasteiger partial charge < -0.3 is 15.0 Å². The minimum atomic E-state index is -2.82. The molecule has 1 N–H and O–H groups in total. The van der Waals surface area contributed by atoms with Crippen LogP contribution in [0.3, 0.4) is 0 Å². The highest BCUT2D eigenvalue weighted by molar-refractivity contribution is 7.80. The molecule has 7 heteroatoms. The lowest BCUT2D eigenvalue weighted by Crippen LogP contribution is -2.41. The molecule has 3 rings (SSSR count). The van der Waals surface area contributed by atoms with Crippen LogP contribution in [-0.2, 0) is 6.42 Å². The number of ether oxygens (including phenoxy) is 1. The first-order valence-electron chi connectivity index (χ1n) is 7.77. The fourth-order valence-corrected chi connectivity index (χ4v) is 4.26. The van der Waals surface area contributed by atoms with Crippen LogP contribution >= 0.6 is 23.6 Å². The van der Waals surface area contributed by atoms with Gasteiger partial charge in [-0.1, -0.05) is 6.92 Å². The average Bonchev–Trinajstić information content (AvgIpc) is 3.03. The lowest BCUT2D eigenvalue weighted by atomic mass is 9.98. The van der Waals surface area contributed by atoms with Crippen molar-refractivity contribution in [3.63, 3.8) is 0 Å². The topological polar surface area (TPSA) is 24.5 Å². The summed E-state index contributed by atoms with van der Waals surface area (Å²) in [6, 6.07) is 8.83. The van der Waals surface area contributed by atoms with Crippen molar-refractivity contribution in [3.05, 3.63) is 46.2 Å². The minimum Gasteiger partial charge on any atom is -0.435 e. The molecule has 128 valence electrons. The van der Waals surface area contributed by atoms with Crippen LogP contribution in [0.15, 0.2) is 35.7 Å². The predicted molar refractivity (Wildman–Crippen MR) is 97.1 cm³/mol. The van der Waals surface area contributed by atoms with Crippen molar-refractivity contribution in [2.24, 2.45) is 0 Å². The summed E-state index contributed by atoms with van der Waals surface area (Å²) in [5.41, 5.74) is 2.12. The number of nitrogens with one attached hydrogen (secondary N) is 1. The molecule has 2 aromatic rings. The van der Waals surface area contributed by atoms with Gasteiger partial charge in [0.2, 0.25) is 0 Å². The molecule has 1 aromatic heterocycles. The lowest BCUT2D eigenvalue weighted by molar-refractivity contribution is -0.0498. The van der Waals surface area contributed by atoms with Crippen LogP contribution in [0.25, 0.3) is 0 Å². The normalized spacial score (nSPS) is 16.8. The van der Waals surface area contributed by atoms with Gasteiger partial charge in [0.25, 0.3) is 0 Å². The SMILES string of the molecule is CC[C@H]1c2ccsc2CCN1C(=S)Nc1ccc(OC(F)F)cc1. The van der Waals surface area contributed by atoms with Gasteiger partial charge in [0, 0.05) is 17.1 Å². The minimum absolute atomic E-state index is 0.133. The van der Waals surface area contributed by atoms with E-state index in [9.17, 15) is 8.78 Å². The number of hydrogen-bond acceptors (Lipinski definition) is 3. The molecular formula is C17H18F2N2OS2. The van der Waals surface area contributed by atoms with Gasteiger partial charge in [-0.2, -0.15) is 8.78 Å². The summed E-state index contributed by atoms with van der Waals surface area (Å²) >= 11 is 7.38. The van der Waals surface area contributed by atoms with E-state index < -0.39 is 6.61 Å². The Kier molecular flexibility index (Phi) is 5.30. The summed E-state index contributed by atoms with van der Waals surface area (Å²) in [5, 5.41) is 5.99. The number of thiophene rings is 1. The summed E-state index contributed by atoms with van der Waals surface area (Å²) in [6.45, 7) is 0.219. The Morgan fingerprint density at radius 2 is 2.12 bits per heavy atom. The molecule has 2 heterocycles.